The zero-order chi connectivity index (χ0) is 20.8. The molecular formula is C28H33N3. The Labute approximate surface area is 185 Å². The van der Waals surface area contributed by atoms with E-state index in [2.05, 4.69) is 53.3 Å². The van der Waals surface area contributed by atoms with Crippen LogP contribution in [0.15, 0.2) is 42.0 Å². The molecule has 1 heterocycles. The molecule has 3 aliphatic rings. The van der Waals surface area contributed by atoms with Crippen LogP contribution in [0.25, 0.3) is 16.5 Å². The zero-order valence-electron chi connectivity index (χ0n) is 18.7. The van der Waals surface area contributed by atoms with Crippen LogP contribution in [0.5, 0.6) is 0 Å². The smallest absolute Gasteiger partial charge is 0.155 e. The van der Waals surface area contributed by atoms with Crippen LogP contribution in [-0.2, 0) is 12.8 Å². The Morgan fingerprint density at radius 3 is 2.55 bits per heavy atom. The Kier molecular flexibility index (Phi) is 4.85. The second-order valence-electron chi connectivity index (χ2n) is 9.78. The summed E-state index contributed by atoms with van der Waals surface area (Å²) in [4.78, 5) is 0. The van der Waals surface area contributed by atoms with E-state index in [9.17, 15) is 0 Å². The quantitative estimate of drug-likeness (QED) is 0.486. The van der Waals surface area contributed by atoms with Crippen molar-refractivity contribution in [3.8, 4) is 0 Å². The third kappa shape index (κ3) is 3.48. The molecule has 2 saturated carbocycles. The topological polar surface area (TPSA) is 29.9 Å². The Bertz CT molecular complexity index is 1150. The molecule has 0 spiro atoms. The van der Waals surface area contributed by atoms with Crippen LogP contribution in [0.3, 0.4) is 0 Å². The Morgan fingerprint density at radius 2 is 1.71 bits per heavy atom. The van der Waals surface area contributed by atoms with Crippen LogP contribution in [0.4, 0.5) is 5.82 Å². The lowest BCUT2D eigenvalue weighted by atomic mass is 9.93. The Hall–Kier alpha value is -2.55. The molecule has 160 valence electrons. The van der Waals surface area contributed by atoms with E-state index >= 15 is 0 Å². The minimum atomic E-state index is 0.607. The third-order valence-electron chi connectivity index (χ3n) is 7.69. The number of fused-ring (bicyclic) bond motifs is 2. The molecule has 1 N–H and O–H groups in total. The largest absolute Gasteiger partial charge is 0.338 e. The van der Waals surface area contributed by atoms with Gasteiger partial charge in [-0.3, -0.25) is 4.68 Å². The van der Waals surface area contributed by atoms with Gasteiger partial charge in [0.15, 0.2) is 5.82 Å². The van der Waals surface area contributed by atoms with Crippen LogP contribution in [0.1, 0.15) is 86.2 Å². The summed E-state index contributed by atoms with van der Waals surface area (Å²) in [6, 6.07) is 13.9. The molecule has 0 amide bonds. The number of allylic oxidation sites excluding steroid dienone is 1. The number of aryl methyl sites for hydroxylation is 1. The van der Waals surface area contributed by atoms with E-state index in [1.165, 1.54) is 109 Å². The summed E-state index contributed by atoms with van der Waals surface area (Å²) in [6.07, 6.45) is 14.1. The van der Waals surface area contributed by atoms with E-state index < -0.39 is 0 Å². The molecule has 6 rings (SSSR count). The molecule has 0 radical (unpaired) electrons. The fraction of sp³-hybridized carbons (Fsp3) is 0.464. The molecule has 0 aliphatic heterocycles. The lowest BCUT2D eigenvalue weighted by molar-refractivity contribution is 0.320. The summed E-state index contributed by atoms with van der Waals surface area (Å²) >= 11 is 0. The highest BCUT2D eigenvalue weighted by molar-refractivity contribution is 5.93. The lowest BCUT2D eigenvalue weighted by Gasteiger charge is -2.25. The van der Waals surface area contributed by atoms with Crippen molar-refractivity contribution >= 4 is 22.3 Å². The molecule has 0 saturated heterocycles. The normalized spacial score (nSPS) is 18.8. The van der Waals surface area contributed by atoms with Crippen molar-refractivity contribution < 1.29 is 0 Å². The molecule has 0 unspecified atom stereocenters. The average Bonchev–Trinajstić information content (AvgIpc) is 3.60. The Morgan fingerprint density at radius 1 is 0.903 bits per heavy atom. The summed E-state index contributed by atoms with van der Waals surface area (Å²) in [5.41, 5.74) is 8.62. The minimum absolute atomic E-state index is 0.607. The maximum absolute atomic E-state index is 5.25. The molecule has 2 aromatic carbocycles. The van der Waals surface area contributed by atoms with Crippen LogP contribution < -0.4 is 5.32 Å². The van der Waals surface area contributed by atoms with Crippen LogP contribution in [-0.4, -0.2) is 9.78 Å². The first-order valence-electron chi connectivity index (χ1n) is 12.4. The van der Waals surface area contributed by atoms with Crippen molar-refractivity contribution in [1.82, 2.24) is 9.78 Å². The monoisotopic (exact) mass is 411 g/mol. The van der Waals surface area contributed by atoms with Gasteiger partial charge in [-0.2, -0.15) is 5.10 Å². The van der Waals surface area contributed by atoms with E-state index in [0.29, 0.717) is 6.04 Å². The number of aromatic nitrogens is 2. The summed E-state index contributed by atoms with van der Waals surface area (Å²) in [7, 11) is 0. The highest BCUT2D eigenvalue weighted by atomic mass is 15.3. The molecule has 2 fully saturated rings. The molecule has 3 aliphatic carbocycles. The van der Waals surface area contributed by atoms with Crippen molar-refractivity contribution in [1.29, 1.82) is 0 Å². The van der Waals surface area contributed by atoms with E-state index in [0.717, 1.165) is 5.82 Å². The van der Waals surface area contributed by atoms with Crippen molar-refractivity contribution in [2.45, 2.75) is 83.6 Å². The molecular weight excluding hydrogens is 378 g/mol. The van der Waals surface area contributed by atoms with Crippen molar-refractivity contribution in [2.24, 2.45) is 0 Å². The fourth-order valence-electron chi connectivity index (χ4n) is 5.83. The van der Waals surface area contributed by atoms with Gasteiger partial charge in [0.25, 0.3) is 0 Å². The van der Waals surface area contributed by atoms with Gasteiger partial charge >= 0.3 is 0 Å². The number of anilines is 1. The second-order valence-corrected chi connectivity index (χ2v) is 9.78. The molecule has 3 heteroatoms. The van der Waals surface area contributed by atoms with Crippen LogP contribution >= 0.6 is 0 Å². The maximum Gasteiger partial charge on any atom is 0.155 e. The molecule has 0 atom stereocenters. The van der Waals surface area contributed by atoms with E-state index in [4.69, 9.17) is 5.10 Å². The van der Waals surface area contributed by atoms with Gasteiger partial charge in [-0.05, 0) is 80.2 Å². The first kappa shape index (κ1) is 19.2. The zero-order valence-corrected chi connectivity index (χ0v) is 18.7. The van der Waals surface area contributed by atoms with Crippen molar-refractivity contribution in [2.75, 3.05) is 5.32 Å². The lowest BCUT2D eigenvalue weighted by Crippen LogP contribution is -2.18. The second kappa shape index (κ2) is 7.85. The Balaban J connectivity index is 1.41. The van der Waals surface area contributed by atoms with Gasteiger partial charge in [-0.15, -0.1) is 0 Å². The average molecular weight is 412 g/mol. The minimum Gasteiger partial charge on any atom is -0.338 e. The van der Waals surface area contributed by atoms with E-state index in [1.807, 2.05) is 0 Å². The van der Waals surface area contributed by atoms with Gasteiger partial charge in [0.05, 0.1) is 6.04 Å². The van der Waals surface area contributed by atoms with E-state index in [-0.39, 0.29) is 0 Å². The molecule has 0 bridgehead atoms. The standard InChI is InChI=1S/C28H33N3/c1-19-23-12-6-5-9-20(23)17-18-24(19)27(21-15-16-21)29-28-25-13-7-8-14-26(25)31(30-28)22-10-3-2-4-11-22/h5-6,9,12,17-18,22H,2-4,7-8,10-11,13-16H2,1H3,(H,29,30). The van der Waals surface area contributed by atoms with Gasteiger partial charge < -0.3 is 5.32 Å². The van der Waals surface area contributed by atoms with Gasteiger partial charge in [-0.25, -0.2) is 0 Å². The number of nitrogens with zero attached hydrogens (tertiary/aromatic N) is 2. The van der Waals surface area contributed by atoms with Crippen molar-refractivity contribution in [3.05, 3.63) is 64.4 Å². The number of rotatable bonds is 4. The number of hydrogen-bond acceptors (Lipinski definition) is 2. The van der Waals surface area contributed by atoms with E-state index in [1.54, 1.807) is 5.57 Å². The predicted octanol–water partition coefficient (Wildman–Crippen LogP) is 7.35. The SMILES string of the molecule is Cc1c(C(Nc2nn(C3CCCCC3)c3c2CCCC3)=C2CC2)ccc2ccccc12. The van der Waals surface area contributed by atoms with Crippen LogP contribution in [0, 0.1) is 6.92 Å². The molecule has 3 nitrogen and oxygen atoms in total. The highest BCUT2D eigenvalue weighted by Gasteiger charge is 2.28. The van der Waals surface area contributed by atoms with Gasteiger partial charge in [0, 0.05) is 22.5 Å². The van der Waals surface area contributed by atoms with Gasteiger partial charge in [-0.1, -0.05) is 55.7 Å². The first-order valence-corrected chi connectivity index (χ1v) is 12.4. The molecule has 3 aromatic rings. The maximum atomic E-state index is 5.25. The molecule has 31 heavy (non-hydrogen) atoms. The summed E-state index contributed by atoms with van der Waals surface area (Å²) in [6.45, 7) is 2.28. The number of hydrogen-bond donors (Lipinski definition) is 1. The number of benzene rings is 2. The summed E-state index contributed by atoms with van der Waals surface area (Å²) in [5.74, 6) is 1.14. The highest BCUT2D eigenvalue weighted by Crippen LogP contribution is 2.41. The van der Waals surface area contributed by atoms with Gasteiger partial charge in [0.2, 0.25) is 0 Å². The van der Waals surface area contributed by atoms with Gasteiger partial charge in [0.1, 0.15) is 0 Å². The summed E-state index contributed by atoms with van der Waals surface area (Å²) in [5, 5.41) is 11.8. The predicted molar refractivity (Wildman–Crippen MR) is 129 cm³/mol. The fourth-order valence-corrected chi connectivity index (χ4v) is 5.83. The molecule has 1 aromatic heterocycles. The first-order chi connectivity index (χ1) is 15.3. The number of nitrogens with one attached hydrogen (secondary N) is 1. The summed E-state index contributed by atoms with van der Waals surface area (Å²) < 4.78 is 2.44. The third-order valence-corrected chi connectivity index (χ3v) is 7.69. The van der Waals surface area contributed by atoms with Crippen molar-refractivity contribution in [3.63, 3.8) is 0 Å². The van der Waals surface area contributed by atoms with Crippen LogP contribution in [0.2, 0.25) is 0 Å².